The molecule has 134 valence electrons. The first-order chi connectivity index (χ1) is 12.1. The first-order valence-electron chi connectivity index (χ1n) is 9.02. The monoisotopic (exact) mass is 342 g/mol. The van der Waals surface area contributed by atoms with Crippen LogP contribution in [0.2, 0.25) is 0 Å². The number of para-hydroxylation sites is 1. The molecule has 1 aromatic carbocycles. The fraction of sp³-hybridized carbons (Fsp3) is 0.526. The third-order valence-electron chi connectivity index (χ3n) is 4.65. The van der Waals surface area contributed by atoms with Gasteiger partial charge in [-0.2, -0.15) is 0 Å². The van der Waals surface area contributed by atoms with Gasteiger partial charge in [-0.25, -0.2) is 0 Å². The number of likely N-dealkylation sites (tertiary alicyclic amines) is 1. The molecule has 0 radical (unpaired) electrons. The number of hydrogen-bond acceptors (Lipinski definition) is 4. The minimum absolute atomic E-state index is 0.0318. The molecule has 1 aliphatic rings. The number of hydrogen-bond donors (Lipinski definition) is 0. The topological polar surface area (TPSA) is 60.2 Å². The van der Waals surface area contributed by atoms with Gasteiger partial charge in [-0.3, -0.25) is 4.79 Å². The zero-order valence-corrected chi connectivity index (χ0v) is 15.2. The maximum atomic E-state index is 13.0. The third kappa shape index (κ3) is 3.67. The first-order valence-corrected chi connectivity index (χ1v) is 9.02. The van der Waals surface area contributed by atoms with Crippen molar-refractivity contribution in [2.45, 2.75) is 45.6 Å². The van der Waals surface area contributed by atoms with Crippen LogP contribution in [0.25, 0.3) is 0 Å². The fourth-order valence-electron chi connectivity index (χ4n) is 3.41. The van der Waals surface area contributed by atoms with E-state index in [4.69, 9.17) is 4.74 Å². The molecule has 2 aromatic rings. The van der Waals surface area contributed by atoms with Crippen molar-refractivity contribution < 1.29 is 9.53 Å². The number of nitrogens with zero attached hydrogens (tertiary/aromatic N) is 4. The van der Waals surface area contributed by atoms with E-state index >= 15 is 0 Å². The minimum Gasteiger partial charge on any atom is -0.493 e. The van der Waals surface area contributed by atoms with Crippen LogP contribution in [-0.2, 0) is 0 Å². The van der Waals surface area contributed by atoms with E-state index in [0.29, 0.717) is 30.5 Å². The predicted molar refractivity (Wildman–Crippen MR) is 95.9 cm³/mol. The molecule has 0 bridgehead atoms. The fourth-order valence-corrected chi connectivity index (χ4v) is 3.41. The Morgan fingerprint density at radius 2 is 2.16 bits per heavy atom. The van der Waals surface area contributed by atoms with Crippen molar-refractivity contribution in [2.75, 3.05) is 19.7 Å². The summed E-state index contributed by atoms with van der Waals surface area (Å²) in [7, 11) is 0. The zero-order chi connectivity index (χ0) is 17.8. The smallest absolute Gasteiger partial charge is 0.257 e. The highest BCUT2D eigenvalue weighted by atomic mass is 16.5. The zero-order valence-electron chi connectivity index (χ0n) is 15.2. The summed E-state index contributed by atoms with van der Waals surface area (Å²) >= 11 is 0. The molecule has 1 saturated heterocycles. The van der Waals surface area contributed by atoms with Gasteiger partial charge in [0.05, 0.1) is 12.2 Å². The molecule has 0 unspecified atom stereocenters. The number of amides is 1. The van der Waals surface area contributed by atoms with Crippen molar-refractivity contribution in [1.82, 2.24) is 19.7 Å². The van der Waals surface area contributed by atoms with Crippen molar-refractivity contribution in [3.05, 3.63) is 42.0 Å². The second kappa shape index (κ2) is 7.68. The Morgan fingerprint density at radius 1 is 1.36 bits per heavy atom. The van der Waals surface area contributed by atoms with Crippen molar-refractivity contribution in [3.63, 3.8) is 0 Å². The summed E-state index contributed by atoms with van der Waals surface area (Å²) in [5, 5.41) is 8.40. The Hall–Kier alpha value is -2.37. The van der Waals surface area contributed by atoms with Gasteiger partial charge >= 0.3 is 0 Å². The van der Waals surface area contributed by atoms with Gasteiger partial charge in [0, 0.05) is 25.0 Å². The molecule has 0 saturated carbocycles. The van der Waals surface area contributed by atoms with Crippen LogP contribution in [0.5, 0.6) is 5.75 Å². The summed E-state index contributed by atoms with van der Waals surface area (Å²) in [6, 6.07) is 7.79. The Bertz CT molecular complexity index is 726. The summed E-state index contributed by atoms with van der Waals surface area (Å²) in [5.41, 5.74) is 0.635. The van der Waals surface area contributed by atoms with E-state index in [1.807, 2.05) is 36.1 Å². The second-order valence-electron chi connectivity index (χ2n) is 6.71. The van der Waals surface area contributed by atoms with E-state index in [1.165, 1.54) is 0 Å². The van der Waals surface area contributed by atoms with E-state index in [-0.39, 0.29) is 11.8 Å². The lowest BCUT2D eigenvalue weighted by molar-refractivity contribution is 0.0698. The molecule has 1 fully saturated rings. The highest BCUT2D eigenvalue weighted by molar-refractivity contribution is 5.97. The molecule has 0 spiro atoms. The number of benzene rings is 1. The van der Waals surface area contributed by atoms with Crippen LogP contribution >= 0.6 is 0 Å². The number of piperidine rings is 1. The lowest BCUT2D eigenvalue weighted by Crippen LogP contribution is -2.40. The maximum Gasteiger partial charge on any atom is 0.257 e. The molecule has 0 aliphatic carbocycles. The molecule has 1 amide bonds. The standard InChI is InChI=1S/C19H26N4O2/c1-4-25-17-10-6-5-9-16(17)19(24)22-11-7-8-15(12-22)18-21-20-13-23(18)14(2)3/h5-6,9-10,13-15H,4,7-8,11-12H2,1-3H3/t15-/m1/s1. The summed E-state index contributed by atoms with van der Waals surface area (Å²) in [4.78, 5) is 15.0. The van der Waals surface area contributed by atoms with Gasteiger partial charge in [0.25, 0.3) is 5.91 Å². The summed E-state index contributed by atoms with van der Waals surface area (Å²) in [6.07, 6.45) is 3.78. The van der Waals surface area contributed by atoms with Gasteiger partial charge in [0.1, 0.15) is 17.9 Å². The quantitative estimate of drug-likeness (QED) is 0.837. The van der Waals surface area contributed by atoms with Crippen LogP contribution < -0.4 is 4.74 Å². The maximum absolute atomic E-state index is 13.0. The average molecular weight is 342 g/mol. The third-order valence-corrected chi connectivity index (χ3v) is 4.65. The largest absolute Gasteiger partial charge is 0.493 e. The Kier molecular flexibility index (Phi) is 5.36. The molecule has 6 nitrogen and oxygen atoms in total. The van der Waals surface area contributed by atoms with Crippen LogP contribution in [0, 0.1) is 0 Å². The molecular weight excluding hydrogens is 316 g/mol. The van der Waals surface area contributed by atoms with Gasteiger partial charge in [-0.15, -0.1) is 10.2 Å². The number of carbonyl (C=O) groups excluding carboxylic acids is 1. The number of carbonyl (C=O) groups is 1. The van der Waals surface area contributed by atoms with Crippen LogP contribution in [0.3, 0.4) is 0 Å². The van der Waals surface area contributed by atoms with E-state index in [9.17, 15) is 4.79 Å². The van der Waals surface area contributed by atoms with Crippen LogP contribution in [-0.4, -0.2) is 45.3 Å². The molecule has 2 heterocycles. The number of aromatic nitrogens is 3. The lowest BCUT2D eigenvalue weighted by atomic mass is 9.96. The molecule has 1 aromatic heterocycles. The first kappa shape index (κ1) is 17.5. The Morgan fingerprint density at radius 3 is 2.92 bits per heavy atom. The summed E-state index contributed by atoms with van der Waals surface area (Å²) in [6.45, 7) is 8.16. The van der Waals surface area contributed by atoms with Crippen molar-refractivity contribution in [1.29, 1.82) is 0 Å². The molecular formula is C19H26N4O2. The van der Waals surface area contributed by atoms with E-state index in [2.05, 4.69) is 28.6 Å². The van der Waals surface area contributed by atoms with Crippen LogP contribution in [0.1, 0.15) is 61.8 Å². The van der Waals surface area contributed by atoms with Crippen molar-refractivity contribution in [3.8, 4) is 5.75 Å². The van der Waals surface area contributed by atoms with Gasteiger partial charge in [0.2, 0.25) is 0 Å². The number of ether oxygens (including phenoxy) is 1. The molecule has 25 heavy (non-hydrogen) atoms. The number of rotatable bonds is 5. The SMILES string of the molecule is CCOc1ccccc1C(=O)N1CCC[C@@H](c2nncn2C(C)C)C1. The summed E-state index contributed by atoms with van der Waals surface area (Å²) < 4.78 is 7.73. The van der Waals surface area contributed by atoms with Gasteiger partial charge in [-0.05, 0) is 45.7 Å². The normalized spacial score (nSPS) is 17.8. The second-order valence-corrected chi connectivity index (χ2v) is 6.71. The molecule has 1 atom stereocenters. The Balaban J connectivity index is 1.79. The Labute approximate surface area is 148 Å². The molecule has 0 N–H and O–H groups in total. The highest BCUT2D eigenvalue weighted by Gasteiger charge is 2.29. The molecule has 6 heteroatoms. The van der Waals surface area contributed by atoms with Gasteiger partial charge in [0.15, 0.2) is 0 Å². The van der Waals surface area contributed by atoms with E-state index in [0.717, 1.165) is 25.2 Å². The van der Waals surface area contributed by atoms with Gasteiger partial charge in [-0.1, -0.05) is 12.1 Å². The van der Waals surface area contributed by atoms with Crippen molar-refractivity contribution >= 4 is 5.91 Å². The summed E-state index contributed by atoms with van der Waals surface area (Å²) in [5.74, 6) is 1.89. The van der Waals surface area contributed by atoms with E-state index in [1.54, 1.807) is 6.33 Å². The lowest BCUT2D eigenvalue weighted by Gasteiger charge is -2.33. The van der Waals surface area contributed by atoms with E-state index < -0.39 is 0 Å². The van der Waals surface area contributed by atoms with Gasteiger partial charge < -0.3 is 14.2 Å². The molecule has 3 rings (SSSR count). The molecule has 1 aliphatic heterocycles. The predicted octanol–water partition coefficient (Wildman–Crippen LogP) is 3.28. The highest BCUT2D eigenvalue weighted by Crippen LogP contribution is 2.29. The van der Waals surface area contributed by atoms with Crippen LogP contribution in [0.15, 0.2) is 30.6 Å². The van der Waals surface area contributed by atoms with Crippen LogP contribution in [0.4, 0.5) is 0 Å². The van der Waals surface area contributed by atoms with Crippen molar-refractivity contribution in [2.24, 2.45) is 0 Å². The average Bonchev–Trinajstić information content (AvgIpc) is 3.12. The minimum atomic E-state index is 0.0318.